The summed E-state index contributed by atoms with van der Waals surface area (Å²) in [6, 6.07) is 19.9. The normalized spacial score (nSPS) is 13.6. The van der Waals surface area contributed by atoms with Crippen LogP contribution in [-0.4, -0.2) is 44.9 Å². The van der Waals surface area contributed by atoms with E-state index in [9.17, 15) is 15.0 Å². The van der Waals surface area contributed by atoms with Crippen LogP contribution in [0.25, 0.3) is 11.0 Å². The lowest BCUT2D eigenvalue weighted by molar-refractivity contribution is -0.138. The Kier molecular flexibility index (Phi) is 10.7. The highest BCUT2D eigenvalue weighted by Gasteiger charge is 2.38. The van der Waals surface area contributed by atoms with Crippen LogP contribution in [0.3, 0.4) is 0 Å². The minimum absolute atomic E-state index is 0.0926. The average Bonchev–Trinajstić information content (AvgIpc) is 3.41. The van der Waals surface area contributed by atoms with Gasteiger partial charge in [0.05, 0.1) is 31.8 Å². The maximum Gasteiger partial charge on any atom is 0.304 e. The summed E-state index contributed by atoms with van der Waals surface area (Å²) < 4.78 is 13.2. The SMILES string of the molecule is CCC(CC(=O)O)(c1ccc(OC)c([C@H](C)O)c1)c1ccc2c(nnn2CCCCCCOCc2ccccc2)c1C. The van der Waals surface area contributed by atoms with E-state index in [1.165, 1.54) is 5.56 Å². The number of hydrogen-bond acceptors (Lipinski definition) is 6. The van der Waals surface area contributed by atoms with Crippen molar-refractivity contribution in [1.29, 1.82) is 0 Å². The molecule has 8 heteroatoms. The fourth-order valence-corrected chi connectivity index (χ4v) is 5.92. The van der Waals surface area contributed by atoms with Crippen molar-refractivity contribution in [2.45, 2.75) is 84.0 Å². The molecule has 42 heavy (non-hydrogen) atoms. The van der Waals surface area contributed by atoms with E-state index in [0.29, 0.717) is 24.3 Å². The van der Waals surface area contributed by atoms with Crippen LogP contribution >= 0.6 is 0 Å². The number of benzene rings is 3. The molecule has 3 aromatic carbocycles. The van der Waals surface area contributed by atoms with Gasteiger partial charge < -0.3 is 19.7 Å². The zero-order valence-electron chi connectivity index (χ0n) is 25.2. The molecule has 0 aliphatic rings. The van der Waals surface area contributed by atoms with Crippen molar-refractivity contribution in [3.05, 3.63) is 88.5 Å². The van der Waals surface area contributed by atoms with Gasteiger partial charge in [-0.1, -0.05) is 67.4 Å². The molecule has 0 fully saturated rings. The van der Waals surface area contributed by atoms with E-state index >= 15 is 0 Å². The van der Waals surface area contributed by atoms with Gasteiger partial charge in [0.1, 0.15) is 11.3 Å². The van der Waals surface area contributed by atoms with Gasteiger partial charge >= 0.3 is 5.97 Å². The number of fused-ring (bicyclic) bond motifs is 1. The van der Waals surface area contributed by atoms with E-state index in [0.717, 1.165) is 66.6 Å². The van der Waals surface area contributed by atoms with Crippen LogP contribution in [0.15, 0.2) is 60.7 Å². The van der Waals surface area contributed by atoms with E-state index in [1.54, 1.807) is 14.0 Å². The summed E-state index contributed by atoms with van der Waals surface area (Å²) in [6.07, 6.45) is 3.89. The maximum absolute atomic E-state index is 12.2. The Morgan fingerprint density at radius 2 is 1.81 bits per heavy atom. The first-order valence-electron chi connectivity index (χ1n) is 14.8. The summed E-state index contributed by atoms with van der Waals surface area (Å²) in [4.78, 5) is 12.2. The highest BCUT2D eigenvalue weighted by atomic mass is 16.5. The van der Waals surface area contributed by atoms with Crippen molar-refractivity contribution in [3.8, 4) is 5.75 Å². The molecule has 0 radical (unpaired) electrons. The zero-order chi connectivity index (χ0) is 30.1. The first-order valence-corrected chi connectivity index (χ1v) is 14.8. The quantitative estimate of drug-likeness (QED) is 0.143. The summed E-state index contributed by atoms with van der Waals surface area (Å²) in [5, 5.41) is 29.4. The summed E-state index contributed by atoms with van der Waals surface area (Å²) in [5.41, 5.74) is 5.40. The Labute approximate surface area is 248 Å². The zero-order valence-corrected chi connectivity index (χ0v) is 25.2. The third kappa shape index (κ3) is 6.99. The van der Waals surface area contributed by atoms with Gasteiger partial charge in [-0.05, 0) is 73.6 Å². The van der Waals surface area contributed by atoms with E-state index in [2.05, 4.69) is 22.4 Å². The Bertz CT molecular complexity index is 1470. The molecule has 0 saturated carbocycles. The number of unbranched alkanes of at least 4 members (excludes halogenated alkanes) is 3. The molecule has 0 spiro atoms. The van der Waals surface area contributed by atoms with Gasteiger partial charge in [-0.25, -0.2) is 4.68 Å². The van der Waals surface area contributed by atoms with Crippen LogP contribution in [0.1, 0.15) is 86.3 Å². The van der Waals surface area contributed by atoms with E-state index in [-0.39, 0.29) is 6.42 Å². The van der Waals surface area contributed by atoms with Gasteiger partial charge in [0.25, 0.3) is 0 Å². The van der Waals surface area contributed by atoms with E-state index in [4.69, 9.17) is 9.47 Å². The van der Waals surface area contributed by atoms with Crippen molar-refractivity contribution in [1.82, 2.24) is 15.0 Å². The monoisotopic (exact) mass is 573 g/mol. The number of carboxylic acids is 1. The second kappa shape index (κ2) is 14.4. The van der Waals surface area contributed by atoms with Gasteiger partial charge in [-0.2, -0.15) is 0 Å². The molecule has 0 bridgehead atoms. The molecule has 0 saturated heterocycles. The summed E-state index contributed by atoms with van der Waals surface area (Å²) in [7, 11) is 1.56. The number of carbonyl (C=O) groups is 1. The lowest BCUT2D eigenvalue weighted by atomic mass is 9.68. The predicted octanol–water partition coefficient (Wildman–Crippen LogP) is 6.75. The molecule has 8 nitrogen and oxygen atoms in total. The number of aliphatic hydroxyl groups excluding tert-OH is 1. The Hall–Kier alpha value is -3.75. The van der Waals surface area contributed by atoms with E-state index in [1.807, 2.05) is 67.1 Å². The average molecular weight is 574 g/mol. The number of aromatic nitrogens is 3. The largest absolute Gasteiger partial charge is 0.496 e. The maximum atomic E-state index is 12.2. The number of carboxylic acid groups (broad SMARTS) is 1. The molecule has 4 aromatic rings. The summed E-state index contributed by atoms with van der Waals surface area (Å²) >= 11 is 0. The van der Waals surface area contributed by atoms with Crippen LogP contribution in [0, 0.1) is 6.92 Å². The Morgan fingerprint density at radius 3 is 2.50 bits per heavy atom. The summed E-state index contributed by atoms with van der Waals surface area (Å²) in [5.74, 6) is -0.316. The fourth-order valence-electron chi connectivity index (χ4n) is 5.92. The molecular formula is C34H43N3O5. The highest BCUT2D eigenvalue weighted by Crippen LogP contribution is 2.44. The highest BCUT2D eigenvalue weighted by molar-refractivity contribution is 5.81. The minimum atomic E-state index is -0.889. The van der Waals surface area contributed by atoms with E-state index < -0.39 is 17.5 Å². The summed E-state index contributed by atoms with van der Waals surface area (Å²) in [6.45, 7) is 7.86. The second-order valence-corrected chi connectivity index (χ2v) is 11.0. The number of rotatable bonds is 16. The number of ether oxygens (including phenoxy) is 2. The van der Waals surface area contributed by atoms with Gasteiger partial charge in [0.2, 0.25) is 0 Å². The third-order valence-corrected chi connectivity index (χ3v) is 8.27. The smallest absolute Gasteiger partial charge is 0.304 e. The van der Waals surface area contributed by atoms with Gasteiger partial charge in [0.15, 0.2) is 0 Å². The Balaban J connectivity index is 1.48. The fraction of sp³-hybridized carbons (Fsp3) is 0.441. The van der Waals surface area contributed by atoms with Crippen molar-refractivity contribution in [3.63, 3.8) is 0 Å². The molecule has 1 aromatic heterocycles. The minimum Gasteiger partial charge on any atom is -0.496 e. The third-order valence-electron chi connectivity index (χ3n) is 8.27. The van der Waals surface area contributed by atoms with Crippen LogP contribution in [0.5, 0.6) is 5.75 Å². The van der Waals surface area contributed by atoms with Crippen molar-refractivity contribution in [2.75, 3.05) is 13.7 Å². The van der Waals surface area contributed by atoms with Crippen LogP contribution in [0.2, 0.25) is 0 Å². The number of hydrogen-bond donors (Lipinski definition) is 2. The second-order valence-electron chi connectivity index (χ2n) is 11.0. The lowest BCUT2D eigenvalue weighted by Gasteiger charge is -2.35. The number of aliphatic hydroxyl groups is 1. The van der Waals surface area contributed by atoms with Crippen molar-refractivity contribution < 1.29 is 24.5 Å². The first-order chi connectivity index (χ1) is 20.3. The molecule has 4 rings (SSSR count). The van der Waals surface area contributed by atoms with Gasteiger partial charge in [-0.3, -0.25) is 4.79 Å². The van der Waals surface area contributed by atoms with Crippen molar-refractivity contribution in [2.24, 2.45) is 0 Å². The van der Waals surface area contributed by atoms with Crippen LogP contribution in [0.4, 0.5) is 0 Å². The van der Waals surface area contributed by atoms with Crippen LogP contribution < -0.4 is 4.74 Å². The molecule has 1 heterocycles. The number of methoxy groups -OCH3 is 1. The molecular weight excluding hydrogens is 530 g/mol. The van der Waals surface area contributed by atoms with Gasteiger partial charge in [0, 0.05) is 24.1 Å². The van der Waals surface area contributed by atoms with Gasteiger partial charge in [-0.15, -0.1) is 5.10 Å². The number of aliphatic carboxylic acids is 1. The molecule has 0 aliphatic carbocycles. The molecule has 224 valence electrons. The molecule has 1 unspecified atom stereocenters. The standard InChI is InChI=1S/C34H43N3O5/c1-5-34(22-32(39)40,27-15-18-31(41-4)28(21-27)25(3)38)29-16-17-30-33(24(29)2)35-36-37(30)19-11-6-7-12-20-42-23-26-13-9-8-10-14-26/h8-10,13-18,21,25,38H,5-7,11-12,19-20,22-23H2,1-4H3,(H,39,40)/t25-,34?/m0/s1. The first kappa shape index (κ1) is 31.2. The predicted molar refractivity (Wildman–Crippen MR) is 164 cm³/mol. The topological polar surface area (TPSA) is 107 Å². The Morgan fingerprint density at radius 1 is 1.05 bits per heavy atom. The number of nitrogens with zero attached hydrogens (tertiary/aromatic N) is 3. The molecule has 0 aliphatic heterocycles. The molecule has 0 amide bonds. The molecule has 2 N–H and O–H groups in total. The van der Waals surface area contributed by atoms with Crippen LogP contribution in [-0.2, 0) is 28.1 Å². The molecule has 2 atom stereocenters. The lowest BCUT2D eigenvalue weighted by Crippen LogP contribution is -2.31. The van der Waals surface area contributed by atoms with Crippen molar-refractivity contribution >= 4 is 17.0 Å². The number of aryl methyl sites for hydroxylation is 2.